The fraction of sp³-hybridized carbons (Fsp3) is 0.107. The maximum Gasteiger partial charge on any atom is 0.352 e. The molecule has 34 heavy (non-hydrogen) atoms. The van der Waals surface area contributed by atoms with Crippen LogP contribution in [0.4, 0.5) is 0 Å². The van der Waals surface area contributed by atoms with Gasteiger partial charge in [0.25, 0.3) is 0 Å². The minimum Gasteiger partial charge on any atom is -0.493 e. The van der Waals surface area contributed by atoms with Crippen molar-refractivity contribution in [1.29, 1.82) is 0 Å². The second kappa shape index (κ2) is 9.41. The van der Waals surface area contributed by atoms with Gasteiger partial charge in [0, 0.05) is 21.9 Å². The molecule has 0 atom stereocenters. The van der Waals surface area contributed by atoms with Crippen LogP contribution in [0.3, 0.4) is 0 Å². The van der Waals surface area contributed by atoms with Gasteiger partial charge in [0.15, 0.2) is 0 Å². The van der Waals surface area contributed by atoms with Crippen molar-refractivity contribution >= 4 is 50.8 Å². The van der Waals surface area contributed by atoms with Gasteiger partial charge in [-0.3, -0.25) is 0 Å². The molecule has 0 unspecified atom stereocenters. The lowest BCUT2D eigenvalue weighted by Crippen LogP contribution is -2.04. The van der Waals surface area contributed by atoms with Crippen LogP contribution in [0, 0.1) is 0 Å². The smallest absolute Gasteiger partial charge is 0.352 e. The van der Waals surface area contributed by atoms with E-state index in [2.05, 4.69) is 17.1 Å². The molecule has 5 aromatic rings. The van der Waals surface area contributed by atoms with E-state index in [4.69, 9.17) is 27.9 Å². The number of nitrogens with one attached hydrogen (secondary N) is 1. The molecule has 0 spiro atoms. The zero-order chi connectivity index (χ0) is 23.7. The Morgan fingerprint density at radius 3 is 2.41 bits per heavy atom. The van der Waals surface area contributed by atoms with Crippen LogP contribution in [-0.2, 0) is 6.42 Å². The maximum atomic E-state index is 12.1. The first-order valence-corrected chi connectivity index (χ1v) is 11.7. The molecule has 0 bridgehead atoms. The number of ether oxygens (including phenoxy) is 1. The zero-order valence-electron chi connectivity index (χ0n) is 18.1. The Morgan fingerprint density at radius 1 is 0.853 bits per heavy atom. The lowest BCUT2D eigenvalue weighted by Gasteiger charge is -2.10. The molecular formula is C28H21Cl2NO3. The highest BCUT2D eigenvalue weighted by Crippen LogP contribution is 2.38. The summed E-state index contributed by atoms with van der Waals surface area (Å²) < 4.78 is 6.06. The molecule has 0 radical (unpaired) electrons. The number of aryl methyl sites for hydroxylation is 1. The normalized spacial score (nSPS) is 11.2. The summed E-state index contributed by atoms with van der Waals surface area (Å²) in [5.74, 6) is -0.169. The largest absolute Gasteiger partial charge is 0.493 e. The Hall–Kier alpha value is -3.47. The molecule has 4 aromatic carbocycles. The Balaban J connectivity index is 1.43. The van der Waals surface area contributed by atoms with Crippen molar-refractivity contribution < 1.29 is 14.6 Å². The minimum absolute atomic E-state index is 0.186. The Kier molecular flexibility index (Phi) is 6.18. The predicted octanol–water partition coefficient (Wildman–Crippen LogP) is 8.00. The highest BCUT2D eigenvalue weighted by molar-refractivity contribution is 6.44. The summed E-state index contributed by atoms with van der Waals surface area (Å²) in [7, 11) is 0. The number of fused-ring (bicyclic) bond motifs is 2. The van der Waals surface area contributed by atoms with Crippen LogP contribution < -0.4 is 4.74 Å². The number of carbonyl (C=O) groups is 1. The average molecular weight is 490 g/mol. The number of rotatable bonds is 7. The number of hydrogen-bond acceptors (Lipinski definition) is 2. The van der Waals surface area contributed by atoms with Gasteiger partial charge in [-0.15, -0.1) is 0 Å². The first-order chi connectivity index (χ1) is 16.5. The summed E-state index contributed by atoms with van der Waals surface area (Å²) in [6, 6.07) is 25.2. The second-order valence-corrected chi connectivity index (χ2v) is 8.83. The van der Waals surface area contributed by atoms with Gasteiger partial charge in [-0.1, -0.05) is 89.9 Å². The third kappa shape index (κ3) is 4.11. The highest BCUT2D eigenvalue weighted by Gasteiger charge is 2.20. The van der Waals surface area contributed by atoms with Crippen LogP contribution in [0.25, 0.3) is 32.8 Å². The molecule has 0 saturated heterocycles. The van der Waals surface area contributed by atoms with Gasteiger partial charge in [0.2, 0.25) is 0 Å². The van der Waals surface area contributed by atoms with Crippen LogP contribution in [0.5, 0.6) is 5.75 Å². The molecule has 0 aliphatic heterocycles. The van der Waals surface area contributed by atoms with E-state index < -0.39 is 5.97 Å². The van der Waals surface area contributed by atoms with Gasteiger partial charge in [-0.05, 0) is 35.9 Å². The third-order valence-electron chi connectivity index (χ3n) is 5.98. The fourth-order valence-electron chi connectivity index (χ4n) is 4.40. The molecule has 0 amide bonds. The minimum atomic E-state index is -0.996. The number of benzene rings is 4. The summed E-state index contributed by atoms with van der Waals surface area (Å²) in [6.45, 7) is 0.472. The van der Waals surface area contributed by atoms with E-state index in [1.54, 1.807) is 6.07 Å². The number of aromatic amines is 1. The van der Waals surface area contributed by atoms with Crippen LogP contribution in [0.15, 0.2) is 78.9 Å². The van der Waals surface area contributed by atoms with Crippen molar-refractivity contribution in [3.05, 3.63) is 100 Å². The molecule has 170 valence electrons. The molecule has 2 N–H and O–H groups in total. The highest BCUT2D eigenvalue weighted by atomic mass is 35.5. The number of aromatic nitrogens is 1. The van der Waals surface area contributed by atoms with E-state index >= 15 is 0 Å². The van der Waals surface area contributed by atoms with Crippen molar-refractivity contribution in [2.75, 3.05) is 6.61 Å². The molecule has 0 fully saturated rings. The molecule has 0 aliphatic rings. The molecule has 6 heteroatoms. The SMILES string of the molecule is O=C(O)c1[nH]c2c(-c3cccc(Cl)c3Cl)cccc2c1CCCOc1cccc2ccccc12. The molecule has 1 heterocycles. The van der Waals surface area contributed by atoms with E-state index in [9.17, 15) is 9.90 Å². The zero-order valence-corrected chi connectivity index (χ0v) is 19.7. The fourth-order valence-corrected chi connectivity index (χ4v) is 4.81. The van der Waals surface area contributed by atoms with E-state index in [1.165, 1.54) is 0 Å². The summed E-state index contributed by atoms with van der Waals surface area (Å²) in [6.07, 6.45) is 1.22. The molecular weight excluding hydrogens is 469 g/mol. The summed E-state index contributed by atoms with van der Waals surface area (Å²) >= 11 is 12.7. The second-order valence-electron chi connectivity index (χ2n) is 8.04. The van der Waals surface area contributed by atoms with Gasteiger partial charge >= 0.3 is 5.97 Å². The molecule has 4 nitrogen and oxygen atoms in total. The van der Waals surface area contributed by atoms with Crippen LogP contribution in [0.1, 0.15) is 22.5 Å². The first-order valence-electron chi connectivity index (χ1n) is 11.0. The lowest BCUT2D eigenvalue weighted by molar-refractivity contribution is 0.0690. The van der Waals surface area contributed by atoms with Crippen LogP contribution in [0.2, 0.25) is 10.0 Å². The Bertz CT molecular complexity index is 1520. The molecule has 0 saturated carbocycles. The van der Waals surface area contributed by atoms with E-state index in [1.807, 2.05) is 60.7 Å². The number of hydrogen-bond donors (Lipinski definition) is 2. The Morgan fingerprint density at radius 2 is 1.56 bits per heavy atom. The lowest BCUT2D eigenvalue weighted by atomic mass is 10.00. The van der Waals surface area contributed by atoms with Crippen molar-refractivity contribution in [3.8, 4) is 16.9 Å². The van der Waals surface area contributed by atoms with Crippen molar-refractivity contribution in [3.63, 3.8) is 0 Å². The van der Waals surface area contributed by atoms with Gasteiger partial charge in [0.1, 0.15) is 11.4 Å². The summed E-state index contributed by atoms with van der Waals surface area (Å²) in [5, 5.41) is 13.8. The average Bonchev–Trinajstić information content (AvgIpc) is 3.23. The number of halogens is 2. The standard InChI is InChI=1S/C28H21Cl2NO3/c29-23-14-5-10-19(25(23)30)20-11-4-12-21-22(27(28(32)33)31-26(20)21)13-6-16-34-24-15-3-8-17-7-1-2-9-18(17)24/h1-5,7-12,14-15,31H,6,13,16H2,(H,32,33). The predicted molar refractivity (Wildman–Crippen MR) is 138 cm³/mol. The van der Waals surface area contributed by atoms with Gasteiger partial charge in [-0.2, -0.15) is 0 Å². The van der Waals surface area contributed by atoms with E-state index in [0.29, 0.717) is 29.5 Å². The van der Waals surface area contributed by atoms with Crippen molar-refractivity contribution in [1.82, 2.24) is 4.98 Å². The Labute approximate surface area is 206 Å². The maximum absolute atomic E-state index is 12.1. The van der Waals surface area contributed by atoms with Crippen molar-refractivity contribution in [2.24, 2.45) is 0 Å². The van der Waals surface area contributed by atoms with Gasteiger partial charge < -0.3 is 14.8 Å². The third-order valence-corrected chi connectivity index (χ3v) is 6.79. The van der Waals surface area contributed by atoms with Crippen LogP contribution >= 0.6 is 23.2 Å². The van der Waals surface area contributed by atoms with Crippen LogP contribution in [-0.4, -0.2) is 22.7 Å². The van der Waals surface area contributed by atoms with Gasteiger partial charge in [-0.25, -0.2) is 4.79 Å². The number of H-pyrrole nitrogens is 1. The first kappa shape index (κ1) is 22.3. The summed E-state index contributed by atoms with van der Waals surface area (Å²) in [4.78, 5) is 15.2. The topological polar surface area (TPSA) is 62.3 Å². The number of para-hydroxylation sites is 1. The quantitative estimate of drug-likeness (QED) is 0.227. The monoisotopic (exact) mass is 489 g/mol. The van der Waals surface area contributed by atoms with Gasteiger partial charge in [0.05, 0.1) is 22.2 Å². The molecule has 5 rings (SSSR count). The summed E-state index contributed by atoms with van der Waals surface area (Å²) in [5.41, 5.74) is 3.23. The van der Waals surface area contributed by atoms with E-state index in [-0.39, 0.29) is 5.69 Å². The van der Waals surface area contributed by atoms with E-state index in [0.717, 1.165) is 44.1 Å². The number of aromatic carboxylic acids is 1. The number of carboxylic acid groups (broad SMARTS) is 1. The molecule has 0 aliphatic carbocycles. The molecule has 1 aromatic heterocycles. The van der Waals surface area contributed by atoms with Crippen molar-refractivity contribution in [2.45, 2.75) is 12.8 Å². The number of carboxylic acids is 1.